The quantitative estimate of drug-likeness (QED) is 0.231. The fourth-order valence-corrected chi connectivity index (χ4v) is 6.32. The van der Waals surface area contributed by atoms with Gasteiger partial charge in [-0.2, -0.15) is 5.10 Å². The van der Waals surface area contributed by atoms with Gasteiger partial charge in [-0.3, -0.25) is 9.48 Å². The molecule has 0 spiro atoms. The summed E-state index contributed by atoms with van der Waals surface area (Å²) in [6.07, 6.45) is 5.99. The van der Waals surface area contributed by atoms with E-state index in [9.17, 15) is 13.2 Å². The van der Waals surface area contributed by atoms with Gasteiger partial charge in [-0.15, -0.1) is 11.3 Å². The molecule has 5 rings (SSSR count). The first-order valence-corrected chi connectivity index (χ1v) is 16.6. The Kier molecular flexibility index (Phi) is 9.24. The van der Waals surface area contributed by atoms with Gasteiger partial charge in [0.2, 0.25) is 10.0 Å². The molecule has 1 aliphatic heterocycles. The number of carbonyl (C=O) groups excluding carboxylic acids is 1. The van der Waals surface area contributed by atoms with E-state index in [2.05, 4.69) is 50.8 Å². The van der Waals surface area contributed by atoms with Crippen LogP contribution in [0.4, 0.5) is 0 Å². The number of aryl methyl sites for hydroxylation is 2. The smallest absolute Gasteiger partial charge is 0.252 e. The second-order valence-electron chi connectivity index (χ2n) is 10.9. The molecule has 0 aliphatic carbocycles. The summed E-state index contributed by atoms with van der Waals surface area (Å²) in [6.45, 7) is 6.35. The Morgan fingerprint density at radius 3 is 2.64 bits per heavy atom. The molecule has 2 aromatic heterocycles. The van der Waals surface area contributed by atoms with Crippen LogP contribution >= 0.6 is 11.3 Å². The average Bonchev–Trinajstić information content (AvgIpc) is 3.73. The molecule has 11 heteroatoms. The Hall–Kier alpha value is -3.35. The highest BCUT2D eigenvalue weighted by Gasteiger charge is 2.18. The van der Waals surface area contributed by atoms with Gasteiger partial charge in [0, 0.05) is 59.9 Å². The normalized spacial score (nSPS) is 16.0. The van der Waals surface area contributed by atoms with Crippen LogP contribution in [0.5, 0.6) is 0 Å². The van der Waals surface area contributed by atoms with Gasteiger partial charge in [0.25, 0.3) is 5.91 Å². The van der Waals surface area contributed by atoms with E-state index in [1.54, 1.807) is 22.1 Å². The maximum Gasteiger partial charge on any atom is 0.252 e. The lowest BCUT2D eigenvalue weighted by Crippen LogP contribution is -2.28. The van der Waals surface area contributed by atoms with Crippen molar-refractivity contribution in [2.45, 2.75) is 45.4 Å². The van der Waals surface area contributed by atoms with Gasteiger partial charge >= 0.3 is 0 Å². The minimum atomic E-state index is -3.34. The molecule has 222 valence electrons. The van der Waals surface area contributed by atoms with E-state index in [1.165, 1.54) is 4.88 Å². The zero-order valence-corrected chi connectivity index (χ0v) is 25.9. The van der Waals surface area contributed by atoms with Crippen LogP contribution < -0.4 is 15.4 Å². The largest absolute Gasteiger partial charge is 0.380 e. The molecule has 2 atom stereocenters. The van der Waals surface area contributed by atoms with E-state index in [0.717, 1.165) is 65.1 Å². The van der Waals surface area contributed by atoms with Crippen molar-refractivity contribution < 1.29 is 17.9 Å². The van der Waals surface area contributed by atoms with Crippen molar-refractivity contribution in [1.82, 2.24) is 25.1 Å². The molecule has 0 bridgehead atoms. The molecule has 4 aromatic rings. The first-order chi connectivity index (χ1) is 20.0. The van der Waals surface area contributed by atoms with E-state index in [-0.39, 0.29) is 18.5 Å². The van der Waals surface area contributed by atoms with Crippen LogP contribution in [0.2, 0.25) is 0 Å². The molecule has 1 amide bonds. The van der Waals surface area contributed by atoms with Crippen molar-refractivity contribution >= 4 is 27.3 Å². The van der Waals surface area contributed by atoms with E-state index >= 15 is 0 Å². The number of hydrogen-bond acceptors (Lipinski definition) is 7. The van der Waals surface area contributed by atoms with Gasteiger partial charge in [0.1, 0.15) is 0 Å². The van der Waals surface area contributed by atoms with E-state index in [4.69, 9.17) is 4.74 Å². The maximum absolute atomic E-state index is 13.4. The summed E-state index contributed by atoms with van der Waals surface area (Å²) in [4.78, 5) is 15.8. The second-order valence-corrected chi connectivity index (χ2v) is 13.9. The highest BCUT2D eigenvalue weighted by atomic mass is 32.2. The van der Waals surface area contributed by atoms with Gasteiger partial charge in [0.05, 0.1) is 25.1 Å². The topological polar surface area (TPSA) is 114 Å². The number of nitrogens with one attached hydrogen (secondary N) is 3. The van der Waals surface area contributed by atoms with Gasteiger partial charge in [-0.05, 0) is 84.5 Å². The van der Waals surface area contributed by atoms with Gasteiger partial charge < -0.3 is 15.4 Å². The van der Waals surface area contributed by atoms with Crippen molar-refractivity contribution in [2.24, 2.45) is 7.05 Å². The molecular formula is C31H37N5O4S2. The standard InChI is InChI=1S/C31H37N5O4S2/c1-20-5-6-22(15-34-42(4,38)39)11-29(20)31(37)35-21(2)23-12-24(26-16-33-36(3)18-26)14-25(13-23)30-8-7-28(41-30)17-32-27-9-10-40-19-27/h5-8,11-14,16,18,21,27,32,34H,9-10,15,17,19H2,1-4H3,(H,35,37)/t21?,27-/m0/s1. The number of amides is 1. The van der Waals surface area contributed by atoms with Crippen LogP contribution in [0, 0.1) is 6.92 Å². The SMILES string of the molecule is Cc1ccc(CNS(C)(=O)=O)cc1C(=O)NC(C)c1cc(-c2cnn(C)c2)cc(-c2ccc(CN[C@H]3CCOC3)s2)c1. The molecule has 1 unspecified atom stereocenters. The third kappa shape index (κ3) is 7.73. The Balaban J connectivity index is 1.38. The molecule has 1 saturated heterocycles. The first-order valence-electron chi connectivity index (χ1n) is 13.9. The minimum absolute atomic E-state index is 0.123. The predicted molar refractivity (Wildman–Crippen MR) is 167 cm³/mol. The fraction of sp³-hybridized carbons (Fsp3) is 0.355. The fourth-order valence-electron chi connectivity index (χ4n) is 4.95. The van der Waals surface area contributed by atoms with Crippen molar-refractivity contribution in [2.75, 3.05) is 19.5 Å². The molecule has 0 radical (unpaired) electrons. The van der Waals surface area contributed by atoms with Crippen LogP contribution in [0.1, 0.15) is 51.3 Å². The van der Waals surface area contributed by atoms with Gasteiger partial charge in [-0.25, -0.2) is 13.1 Å². The van der Waals surface area contributed by atoms with Crippen LogP contribution in [0.3, 0.4) is 0 Å². The predicted octanol–water partition coefficient (Wildman–Crippen LogP) is 4.54. The molecule has 0 saturated carbocycles. The van der Waals surface area contributed by atoms with Crippen LogP contribution in [0.15, 0.2) is 60.9 Å². The Morgan fingerprint density at radius 1 is 1.12 bits per heavy atom. The molecule has 1 fully saturated rings. The molecule has 9 nitrogen and oxygen atoms in total. The van der Waals surface area contributed by atoms with Gasteiger partial charge in [0.15, 0.2) is 0 Å². The number of sulfonamides is 1. The summed E-state index contributed by atoms with van der Waals surface area (Å²) in [5.41, 5.74) is 6.13. The Bertz CT molecular complexity index is 1670. The summed E-state index contributed by atoms with van der Waals surface area (Å²) < 4.78 is 32.8. The van der Waals surface area contributed by atoms with E-state index in [1.807, 2.05) is 45.4 Å². The van der Waals surface area contributed by atoms with Gasteiger partial charge in [-0.1, -0.05) is 12.1 Å². The first kappa shape index (κ1) is 30.1. The number of ether oxygens (including phenoxy) is 1. The molecule has 3 N–H and O–H groups in total. The lowest BCUT2D eigenvalue weighted by atomic mass is 9.97. The molecule has 42 heavy (non-hydrogen) atoms. The molecule has 3 heterocycles. The summed E-state index contributed by atoms with van der Waals surface area (Å²) in [5.74, 6) is -0.213. The number of aromatic nitrogens is 2. The zero-order chi connectivity index (χ0) is 29.9. The molecular weight excluding hydrogens is 571 g/mol. The molecule has 1 aliphatic rings. The van der Waals surface area contributed by atoms with Crippen molar-refractivity contribution in [1.29, 1.82) is 0 Å². The second kappa shape index (κ2) is 12.9. The van der Waals surface area contributed by atoms with Crippen LogP contribution in [0.25, 0.3) is 21.6 Å². The molecule has 2 aromatic carbocycles. The van der Waals surface area contributed by atoms with E-state index < -0.39 is 10.0 Å². The van der Waals surface area contributed by atoms with Crippen LogP contribution in [-0.4, -0.2) is 49.6 Å². The number of carbonyl (C=O) groups is 1. The zero-order valence-electron chi connectivity index (χ0n) is 24.3. The van der Waals surface area contributed by atoms with Crippen molar-refractivity contribution in [3.8, 4) is 21.6 Å². The third-order valence-electron chi connectivity index (χ3n) is 7.37. The summed E-state index contributed by atoms with van der Waals surface area (Å²) in [6, 6.07) is 16.2. The number of thiophene rings is 1. The highest BCUT2D eigenvalue weighted by Crippen LogP contribution is 2.34. The average molecular weight is 608 g/mol. The number of hydrogen-bond donors (Lipinski definition) is 3. The minimum Gasteiger partial charge on any atom is -0.380 e. The monoisotopic (exact) mass is 607 g/mol. The lowest BCUT2D eigenvalue weighted by Gasteiger charge is -2.18. The lowest BCUT2D eigenvalue weighted by molar-refractivity contribution is 0.0939. The maximum atomic E-state index is 13.4. The van der Waals surface area contributed by atoms with E-state index in [0.29, 0.717) is 17.2 Å². The Morgan fingerprint density at radius 2 is 1.93 bits per heavy atom. The van der Waals surface area contributed by atoms with Crippen molar-refractivity contribution in [3.63, 3.8) is 0 Å². The summed E-state index contributed by atoms with van der Waals surface area (Å²) >= 11 is 1.76. The Labute approximate surface area is 251 Å². The third-order valence-corrected chi connectivity index (χ3v) is 9.17. The highest BCUT2D eigenvalue weighted by molar-refractivity contribution is 7.88. The number of nitrogens with zero attached hydrogens (tertiary/aromatic N) is 2. The number of rotatable bonds is 11. The summed E-state index contributed by atoms with van der Waals surface area (Å²) in [7, 11) is -1.45. The number of benzene rings is 2. The summed E-state index contributed by atoms with van der Waals surface area (Å²) in [5, 5.41) is 11.1. The van der Waals surface area contributed by atoms with Crippen molar-refractivity contribution in [3.05, 3.63) is 88.1 Å². The van der Waals surface area contributed by atoms with Crippen LogP contribution in [-0.2, 0) is 34.9 Å².